The number of carbonyl (C=O) groups excluding carboxylic acids is 1. The maximum absolute atomic E-state index is 12.3. The quantitative estimate of drug-likeness (QED) is 0.447. The summed E-state index contributed by atoms with van der Waals surface area (Å²) in [7, 11) is 1.81. The molecule has 0 aliphatic heterocycles. The first kappa shape index (κ1) is 19.0. The minimum absolute atomic E-state index is 0.0633. The van der Waals surface area contributed by atoms with Gasteiger partial charge in [-0.2, -0.15) is 5.26 Å². The number of aromatic nitrogens is 1. The molecule has 0 bridgehead atoms. The van der Waals surface area contributed by atoms with Gasteiger partial charge in [-0.25, -0.2) is 0 Å². The fraction of sp³-hybridized carbons (Fsp3) is 0.250. The molecule has 26 heavy (non-hydrogen) atoms. The van der Waals surface area contributed by atoms with Crippen LogP contribution in [0.5, 0.6) is 5.75 Å². The van der Waals surface area contributed by atoms with Crippen LogP contribution in [0, 0.1) is 18.3 Å². The fourth-order valence-corrected chi connectivity index (χ4v) is 2.39. The Bertz CT molecular complexity index is 870. The molecular weight excluding hydrogens is 332 g/mol. The highest BCUT2D eigenvalue weighted by Gasteiger charge is 2.07. The molecule has 6 heteroatoms. The number of nitriles is 1. The van der Waals surface area contributed by atoms with Gasteiger partial charge in [0.05, 0.1) is 6.61 Å². The van der Waals surface area contributed by atoms with Crippen LogP contribution in [-0.4, -0.2) is 28.0 Å². The molecule has 0 spiro atoms. The largest absolute Gasteiger partial charge is 0.494 e. The molecular formula is C20H20N2O4. The average Bonchev–Trinajstić information content (AvgIpc) is 2.91. The van der Waals surface area contributed by atoms with Gasteiger partial charge in [0, 0.05) is 24.7 Å². The topological polar surface area (TPSA) is 92.3 Å². The van der Waals surface area contributed by atoms with Crippen molar-refractivity contribution in [3.05, 3.63) is 58.9 Å². The molecule has 6 nitrogen and oxygen atoms in total. The highest BCUT2D eigenvalue weighted by molar-refractivity contribution is 6.06. The van der Waals surface area contributed by atoms with Gasteiger partial charge in [-0.15, -0.1) is 0 Å². The van der Waals surface area contributed by atoms with Crippen molar-refractivity contribution >= 4 is 17.8 Å². The minimum atomic E-state index is -0.850. The Morgan fingerprint density at radius 1 is 1.31 bits per heavy atom. The van der Waals surface area contributed by atoms with Crippen LogP contribution in [0.1, 0.15) is 40.2 Å². The summed E-state index contributed by atoms with van der Waals surface area (Å²) in [6.45, 7) is 2.20. The van der Waals surface area contributed by atoms with E-state index in [2.05, 4.69) is 6.07 Å². The van der Waals surface area contributed by atoms with Gasteiger partial charge in [0.1, 0.15) is 17.5 Å². The molecule has 2 rings (SSSR count). The number of ketones is 1. The second-order valence-corrected chi connectivity index (χ2v) is 5.81. The number of carbonyl (C=O) groups is 2. The maximum Gasteiger partial charge on any atom is 0.303 e. The minimum Gasteiger partial charge on any atom is -0.494 e. The van der Waals surface area contributed by atoms with E-state index >= 15 is 0 Å². The van der Waals surface area contributed by atoms with Crippen molar-refractivity contribution in [3.63, 3.8) is 0 Å². The average molecular weight is 352 g/mol. The lowest BCUT2D eigenvalue weighted by Crippen LogP contribution is -2.02. The van der Waals surface area contributed by atoms with Crippen LogP contribution in [-0.2, 0) is 11.8 Å². The summed E-state index contributed by atoms with van der Waals surface area (Å²) in [6, 6.07) is 10.5. The van der Waals surface area contributed by atoms with Gasteiger partial charge in [0.15, 0.2) is 5.78 Å². The lowest BCUT2D eigenvalue weighted by Gasteiger charge is -2.05. The standard InChI is InChI=1S/C20H20N2O4/c1-14-16(12-17(13-21)22(14)2)7-10-19(23)15-5-8-18(9-6-15)26-11-3-4-20(24)25/h5-10,12H,3-4,11H2,1-2H3,(H,24,25)/b10-7+. The van der Waals surface area contributed by atoms with E-state index < -0.39 is 5.97 Å². The second kappa shape index (κ2) is 8.67. The third-order valence-electron chi connectivity index (χ3n) is 4.05. The smallest absolute Gasteiger partial charge is 0.303 e. The van der Waals surface area contributed by atoms with Gasteiger partial charge < -0.3 is 14.4 Å². The van der Waals surface area contributed by atoms with Crippen LogP contribution in [0.25, 0.3) is 6.08 Å². The SMILES string of the molecule is Cc1c(/C=C/C(=O)c2ccc(OCCCC(=O)O)cc2)cc(C#N)n1C. The highest BCUT2D eigenvalue weighted by Crippen LogP contribution is 2.17. The highest BCUT2D eigenvalue weighted by atomic mass is 16.5. The van der Waals surface area contributed by atoms with E-state index in [0.717, 1.165) is 11.3 Å². The summed E-state index contributed by atoms with van der Waals surface area (Å²) in [6.07, 6.45) is 3.68. The third-order valence-corrected chi connectivity index (χ3v) is 4.05. The molecule has 1 heterocycles. The number of nitrogens with zero attached hydrogens (tertiary/aromatic N) is 2. The zero-order valence-electron chi connectivity index (χ0n) is 14.7. The summed E-state index contributed by atoms with van der Waals surface area (Å²) < 4.78 is 7.22. The van der Waals surface area contributed by atoms with E-state index in [-0.39, 0.29) is 12.2 Å². The lowest BCUT2D eigenvalue weighted by atomic mass is 10.1. The number of benzene rings is 1. The molecule has 0 saturated carbocycles. The summed E-state index contributed by atoms with van der Waals surface area (Å²) in [4.78, 5) is 22.7. The first-order valence-corrected chi connectivity index (χ1v) is 8.16. The number of rotatable bonds is 8. The number of hydrogen-bond donors (Lipinski definition) is 1. The number of aliphatic carboxylic acids is 1. The van der Waals surface area contributed by atoms with Gasteiger partial charge in [-0.3, -0.25) is 9.59 Å². The number of ether oxygens (including phenoxy) is 1. The van der Waals surface area contributed by atoms with Gasteiger partial charge in [0.25, 0.3) is 0 Å². The van der Waals surface area contributed by atoms with E-state index in [9.17, 15) is 9.59 Å². The predicted molar refractivity (Wildman–Crippen MR) is 97.0 cm³/mol. The van der Waals surface area contributed by atoms with Gasteiger partial charge in [-0.05, 0) is 61.4 Å². The van der Waals surface area contributed by atoms with Gasteiger partial charge in [-0.1, -0.05) is 0 Å². The summed E-state index contributed by atoms with van der Waals surface area (Å²) in [5.41, 5.74) is 2.80. The normalized spacial score (nSPS) is 10.7. The van der Waals surface area contributed by atoms with Crippen molar-refractivity contribution in [3.8, 4) is 11.8 Å². The van der Waals surface area contributed by atoms with Gasteiger partial charge >= 0.3 is 5.97 Å². The Kier molecular flexibility index (Phi) is 6.34. The molecule has 0 aliphatic carbocycles. The van der Waals surface area contributed by atoms with E-state index in [1.54, 1.807) is 41.0 Å². The molecule has 0 radical (unpaired) electrons. The molecule has 0 atom stereocenters. The van der Waals surface area contributed by atoms with Crippen molar-refractivity contribution in [2.24, 2.45) is 7.05 Å². The van der Waals surface area contributed by atoms with E-state index in [4.69, 9.17) is 15.1 Å². The zero-order chi connectivity index (χ0) is 19.1. The second-order valence-electron chi connectivity index (χ2n) is 5.81. The van der Waals surface area contributed by atoms with Crippen LogP contribution >= 0.6 is 0 Å². The van der Waals surface area contributed by atoms with Gasteiger partial charge in [0.2, 0.25) is 0 Å². The Labute approximate surface area is 151 Å². The first-order chi connectivity index (χ1) is 12.4. The monoisotopic (exact) mass is 352 g/mol. The number of carboxylic acid groups (broad SMARTS) is 1. The molecule has 0 saturated heterocycles. The molecule has 0 unspecified atom stereocenters. The van der Waals surface area contributed by atoms with Crippen molar-refractivity contribution in [1.29, 1.82) is 5.26 Å². The van der Waals surface area contributed by atoms with E-state index in [1.807, 2.05) is 14.0 Å². The van der Waals surface area contributed by atoms with Crippen LogP contribution in [0.15, 0.2) is 36.4 Å². The molecule has 1 aromatic heterocycles. The predicted octanol–water partition coefficient (Wildman–Crippen LogP) is 3.34. The molecule has 0 aliphatic rings. The Morgan fingerprint density at radius 3 is 2.58 bits per heavy atom. The number of carboxylic acids is 1. The summed E-state index contributed by atoms with van der Waals surface area (Å²) in [5, 5.41) is 17.6. The molecule has 0 amide bonds. The maximum atomic E-state index is 12.3. The molecule has 1 N–H and O–H groups in total. The Morgan fingerprint density at radius 2 is 2.00 bits per heavy atom. The Hall–Kier alpha value is -3.33. The first-order valence-electron chi connectivity index (χ1n) is 8.16. The van der Waals surface area contributed by atoms with Crippen LogP contribution in [0.3, 0.4) is 0 Å². The molecule has 1 aromatic carbocycles. The lowest BCUT2D eigenvalue weighted by molar-refractivity contribution is -0.137. The van der Waals surface area contributed by atoms with Crippen molar-refractivity contribution < 1.29 is 19.4 Å². The van der Waals surface area contributed by atoms with Crippen molar-refractivity contribution in [2.45, 2.75) is 19.8 Å². The van der Waals surface area contributed by atoms with E-state index in [0.29, 0.717) is 30.0 Å². The zero-order valence-corrected chi connectivity index (χ0v) is 14.7. The van der Waals surface area contributed by atoms with Crippen LogP contribution < -0.4 is 4.74 Å². The number of hydrogen-bond acceptors (Lipinski definition) is 4. The Balaban J connectivity index is 1.97. The van der Waals surface area contributed by atoms with Crippen LogP contribution in [0.2, 0.25) is 0 Å². The van der Waals surface area contributed by atoms with Crippen LogP contribution in [0.4, 0.5) is 0 Å². The molecule has 0 fully saturated rings. The summed E-state index contributed by atoms with van der Waals surface area (Å²) >= 11 is 0. The van der Waals surface area contributed by atoms with E-state index in [1.165, 1.54) is 6.08 Å². The van der Waals surface area contributed by atoms with Crippen molar-refractivity contribution in [1.82, 2.24) is 4.57 Å². The third kappa shape index (κ3) is 4.84. The molecule has 2 aromatic rings. The fourth-order valence-electron chi connectivity index (χ4n) is 2.39. The molecule has 134 valence electrons. The van der Waals surface area contributed by atoms with Crippen molar-refractivity contribution in [2.75, 3.05) is 6.61 Å². The number of allylic oxidation sites excluding steroid dienone is 1. The summed E-state index contributed by atoms with van der Waals surface area (Å²) in [5.74, 6) is -0.408.